The van der Waals surface area contributed by atoms with Gasteiger partial charge in [-0.2, -0.15) is 0 Å². The van der Waals surface area contributed by atoms with Gasteiger partial charge in [0.1, 0.15) is 12.4 Å². The van der Waals surface area contributed by atoms with Gasteiger partial charge in [-0.3, -0.25) is 4.79 Å². The van der Waals surface area contributed by atoms with E-state index in [2.05, 4.69) is 20.9 Å². The Balaban J connectivity index is 1.52. The molecule has 3 heterocycles. The SMILES string of the molecule is O=C(Cc1ccc2c(c1)N(Cc1cnc[nH]1)CCO2)N1CCCC1. The molecule has 1 N–H and O–H groups in total. The Morgan fingerprint density at radius 2 is 2.12 bits per heavy atom. The van der Waals surface area contributed by atoms with E-state index < -0.39 is 0 Å². The van der Waals surface area contributed by atoms with Gasteiger partial charge in [0.15, 0.2) is 0 Å². The second-order valence-electron chi connectivity index (χ2n) is 6.41. The summed E-state index contributed by atoms with van der Waals surface area (Å²) >= 11 is 0. The lowest BCUT2D eigenvalue weighted by Gasteiger charge is -2.31. The molecule has 2 aliphatic heterocycles. The highest BCUT2D eigenvalue weighted by molar-refractivity contribution is 5.79. The average Bonchev–Trinajstić information content (AvgIpc) is 3.29. The maximum atomic E-state index is 12.4. The number of aromatic amines is 1. The molecule has 1 aromatic heterocycles. The second kappa shape index (κ2) is 6.55. The molecule has 6 nitrogen and oxygen atoms in total. The van der Waals surface area contributed by atoms with E-state index in [-0.39, 0.29) is 5.91 Å². The Labute approximate surface area is 141 Å². The fourth-order valence-electron chi connectivity index (χ4n) is 3.42. The quantitative estimate of drug-likeness (QED) is 0.933. The lowest BCUT2D eigenvalue weighted by molar-refractivity contribution is -0.129. The first-order valence-corrected chi connectivity index (χ1v) is 8.55. The number of carbonyl (C=O) groups is 1. The molecule has 1 fully saturated rings. The highest BCUT2D eigenvalue weighted by atomic mass is 16.5. The maximum Gasteiger partial charge on any atom is 0.226 e. The van der Waals surface area contributed by atoms with Crippen LogP contribution in [0.3, 0.4) is 0 Å². The van der Waals surface area contributed by atoms with Gasteiger partial charge in [0.05, 0.1) is 37.2 Å². The molecule has 2 aliphatic rings. The minimum absolute atomic E-state index is 0.226. The van der Waals surface area contributed by atoms with Crippen LogP contribution in [0.15, 0.2) is 30.7 Å². The molecule has 126 valence electrons. The third-order valence-corrected chi connectivity index (χ3v) is 4.71. The number of rotatable bonds is 4. The molecule has 4 rings (SSSR count). The molecule has 24 heavy (non-hydrogen) atoms. The van der Waals surface area contributed by atoms with Gasteiger partial charge < -0.3 is 19.5 Å². The zero-order valence-electron chi connectivity index (χ0n) is 13.7. The summed E-state index contributed by atoms with van der Waals surface area (Å²) in [7, 11) is 0. The van der Waals surface area contributed by atoms with Crippen molar-refractivity contribution in [2.75, 3.05) is 31.1 Å². The van der Waals surface area contributed by atoms with Crippen LogP contribution in [0.1, 0.15) is 24.1 Å². The standard InChI is InChI=1S/C18H22N4O2/c23-18(21-5-1-2-6-21)10-14-3-4-17-16(9-14)22(7-8-24-17)12-15-11-19-13-20-15/h3-4,9,11,13H,1-2,5-8,10,12H2,(H,19,20). The van der Waals surface area contributed by atoms with Crippen molar-refractivity contribution in [2.45, 2.75) is 25.8 Å². The predicted molar refractivity (Wildman–Crippen MR) is 91.1 cm³/mol. The van der Waals surface area contributed by atoms with Gasteiger partial charge in [-0.1, -0.05) is 6.07 Å². The number of amides is 1. The first-order valence-electron chi connectivity index (χ1n) is 8.55. The van der Waals surface area contributed by atoms with E-state index in [4.69, 9.17) is 4.74 Å². The van der Waals surface area contributed by atoms with Gasteiger partial charge in [-0.05, 0) is 30.5 Å². The normalized spacial score (nSPS) is 16.8. The van der Waals surface area contributed by atoms with Gasteiger partial charge in [0.25, 0.3) is 0 Å². The summed E-state index contributed by atoms with van der Waals surface area (Å²) in [6.45, 7) is 4.07. The van der Waals surface area contributed by atoms with Crippen LogP contribution in [-0.4, -0.2) is 47.0 Å². The van der Waals surface area contributed by atoms with E-state index in [1.165, 1.54) is 0 Å². The molecule has 1 aromatic carbocycles. The summed E-state index contributed by atoms with van der Waals surface area (Å²) < 4.78 is 5.77. The molecule has 0 atom stereocenters. The average molecular weight is 326 g/mol. The largest absolute Gasteiger partial charge is 0.490 e. The number of fused-ring (bicyclic) bond motifs is 1. The molecule has 0 bridgehead atoms. The summed E-state index contributed by atoms with van der Waals surface area (Å²) in [6.07, 6.45) is 6.26. The number of H-pyrrole nitrogens is 1. The number of carbonyl (C=O) groups excluding carboxylic acids is 1. The highest BCUT2D eigenvalue weighted by Gasteiger charge is 2.22. The van der Waals surface area contributed by atoms with E-state index in [0.717, 1.165) is 61.7 Å². The summed E-state index contributed by atoms with van der Waals surface area (Å²) in [6, 6.07) is 6.09. The minimum Gasteiger partial charge on any atom is -0.490 e. The van der Waals surface area contributed by atoms with Gasteiger partial charge >= 0.3 is 0 Å². The highest BCUT2D eigenvalue weighted by Crippen LogP contribution is 2.33. The smallest absolute Gasteiger partial charge is 0.226 e. The summed E-state index contributed by atoms with van der Waals surface area (Å²) in [5.74, 6) is 1.11. The van der Waals surface area contributed by atoms with Crippen LogP contribution in [0.25, 0.3) is 0 Å². The molecule has 2 aromatic rings. The maximum absolute atomic E-state index is 12.4. The lowest BCUT2D eigenvalue weighted by Crippen LogP contribution is -2.32. The summed E-state index contributed by atoms with van der Waals surface area (Å²) in [5.41, 5.74) is 3.18. The lowest BCUT2D eigenvalue weighted by atomic mass is 10.1. The number of hydrogen-bond acceptors (Lipinski definition) is 4. The van der Waals surface area contributed by atoms with Crippen LogP contribution >= 0.6 is 0 Å². The van der Waals surface area contributed by atoms with E-state index in [9.17, 15) is 4.79 Å². The Bertz CT molecular complexity index is 708. The van der Waals surface area contributed by atoms with Crippen molar-refractivity contribution < 1.29 is 9.53 Å². The van der Waals surface area contributed by atoms with E-state index in [0.29, 0.717) is 13.0 Å². The fraction of sp³-hybridized carbons (Fsp3) is 0.444. The summed E-state index contributed by atoms with van der Waals surface area (Å²) in [5, 5.41) is 0. The van der Waals surface area contributed by atoms with Crippen LogP contribution in [-0.2, 0) is 17.8 Å². The number of likely N-dealkylation sites (tertiary alicyclic amines) is 1. The number of anilines is 1. The van der Waals surface area contributed by atoms with Crippen molar-refractivity contribution in [3.05, 3.63) is 42.0 Å². The molecule has 1 amide bonds. The van der Waals surface area contributed by atoms with Crippen LogP contribution in [0.2, 0.25) is 0 Å². The third kappa shape index (κ3) is 3.09. The fourth-order valence-corrected chi connectivity index (χ4v) is 3.42. The van der Waals surface area contributed by atoms with Gasteiger partial charge in [-0.25, -0.2) is 4.98 Å². The monoisotopic (exact) mass is 326 g/mol. The Morgan fingerprint density at radius 3 is 2.92 bits per heavy atom. The molecule has 6 heteroatoms. The number of nitrogens with one attached hydrogen (secondary N) is 1. The van der Waals surface area contributed by atoms with Crippen LogP contribution < -0.4 is 9.64 Å². The number of ether oxygens (including phenoxy) is 1. The van der Waals surface area contributed by atoms with Crippen molar-refractivity contribution in [2.24, 2.45) is 0 Å². The van der Waals surface area contributed by atoms with Gasteiger partial charge in [0.2, 0.25) is 5.91 Å². The predicted octanol–water partition coefficient (Wildman–Crippen LogP) is 1.97. The topological polar surface area (TPSA) is 61.5 Å². The Hall–Kier alpha value is -2.50. The van der Waals surface area contributed by atoms with E-state index >= 15 is 0 Å². The van der Waals surface area contributed by atoms with Crippen molar-refractivity contribution >= 4 is 11.6 Å². The van der Waals surface area contributed by atoms with Crippen molar-refractivity contribution in [3.63, 3.8) is 0 Å². The minimum atomic E-state index is 0.226. The number of benzene rings is 1. The molecule has 0 spiro atoms. The zero-order valence-corrected chi connectivity index (χ0v) is 13.7. The third-order valence-electron chi connectivity index (χ3n) is 4.71. The van der Waals surface area contributed by atoms with Crippen LogP contribution in [0.5, 0.6) is 5.75 Å². The van der Waals surface area contributed by atoms with E-state index in [1.807, 2.05) is 23.2 Å². The molecule has 0 aliphatic carbocycles. The number of nitrogens with zero attached hydrogens (tertiary/aromatic N) is 3. The van der Waals surface area contributed by atoms with Gasteiger partial charge in [0, 0.05) is 19.3 Å². The first-order chi connectivity index (χ1) is 11.8. The van der Waals surface area contributed by atoms with Crippen molar-refractivity contribution in [1.29, 1.82) is 0 Å². The number of hydrogen-bond donors (Lipinski definition) is 1. The molecule has 0 unspecified atom stereocenters. The molecular formula is C18H22N4O2. The first kappa shape index (κ1) is 15.1. The number of imidazole rings is 1. The van der Waals surface area contributed by atoms with Crippen molar-refractivity contribution in [1.82, 2.24) is 14.9 Å². The molecule has 0 radical (unpaired) electrons. The van der Waals surface area contributed by atoms with Crippen LogP contribution in [0, 0.1) is 0 Å². The Morgan fingerprint density at radius 1 is 1.25 bits per heavy atom. The number of aromatic nitrogens is 2. The summed E-state index contributed by atoms with van der Waals surface area (Å²) in [4.78, 5) is 23.9. The van der Waals surface area contributed by atoms with Gasteiger partial charge in [-0.15, -0.1) is 0 Å². The second-order valence-corrected chi connectivity index (χ2v) is 6.41. The van der Waals surface area contributed by atoms with Crippen LogP contribution in [0.4, 0.5) is 5.69 Å². The zero-order chi connectivity index (χ0) is 16.4. The Kier molecular flexibility index (Phi) is 4.11. The van der Waals surface area contributed by atoms with E-state index in [1.54, 1.807) is 6.33 Å². The molecule has 1 saturated heterocycles. The molecular weight excluding hydrogens is 304 g/mol. The van der Waals surface area contributed by atoms with Crippen molar-refractivity contribution in [3.8, 4) is 5.75 Å². The molecule has 0 saturated carbocycles.